The van der Waals surface area contributed by atoms with Gasteiger partial charge < -0.3 is 15.0 Å². The smallest absolute Gasteiger partial charge is 0.256 e. The van der Waals surface area contributed by atoms with Gasteiger partial charge in [0.1, 0.15) is 0 Å². The van der Waals surface area contributed by atoms with Crippen LogP contribution in [0.15, 0.2) is 30.5 Å². The zero-order valence-electron chi connectivity index (χ0n) is 16.6. The van der Waals surface area contributed by atoms with E-state index < -0.39 is 0 Å². The van der Waals surface area contributed by atoms with Crippen molar-refractivity contribution in [3.63, 3.8) is 0 Å². The standard InChI is InChI=1S/C23H25N3O3/c1-29-13-20(14-8-9-14)26-12-15-4-2-7-19(21(15)23(26)28)25-22(27)17-10-11-24-18-6-3-5-16(17)18/h2,4,7,10-11,14,20H,3,5-6,8-9,12-13H2,1H3,(H,25,27)/t20-/m0/s1. The number of nitrogens with one attached hydrogen (secondary N) is 1. The van der Waals surface area contributed by atoms with Gasteiger partial charge in [-0.25, -0.2) is 0 Å². The second-order valence-corrected chi connectivity index (χ2v) is 8.22. The molecule has 1 aliphatic heterocycles. The number of aromatic nitrogens is 1. The number of aryl methyl sites for hydroxylation is 1. The van der Waals surface area contributed by atoms with Crippen molar-refractivity contribution >= 4 is 17.5 Å². The summed E-state index contributed by atoms with van der Waals surface area (Å²) in [5, 5.41) is 3.01. The molecule has 1 aromatic heterocycles. The summed E-state index contributed by atoms with van der Waals surface area (Å²) in [5.41, 5.74) is 4.91. The number of benzene rings is 1. The third-order valence-corrected chi connectivity index (χ3v) is 6.35. The Morgan fingerprint density at radius 1 is 1.31 bits per heavy atom. The quantitative estimate of drug-likeness (QED) is 0.821. The summed E-state index contributed by atoms with van der Waals surface area (Å²) in [6.45, 7) is 1.13. The van der Waals surface area contributed by atoms with E-state index >= 15 is 0 Å². The van der Waals surface area contributed by atoms with Crippen molar-refractivity contribution in [2.45, 2.75) is 44.7 Å². The SMILES string of the molecule is COC[C@@H](C1CC1)N1Cc2cccc(NC(=O)c3ccnc4c3CCC4)c2C1=O. The molecule has 6 heteroatoms. The molecule has 0 radical (unpaired) electrons. The van der Waals surface area contributed by atoms with Crippen molar-refractivity contribution in [2.75, 3.05) is 19.0 Å². The first kappa shape index (κ1) is 18.3. The second kappa shape index (κ2) is 7.26. The third kappa shape index (κ3) is 3.21. The van der Waals surface area contributed by atoms with Crippen molar-refractivity contribution in [1.82, 2.24) is 9.88 Å². The van der Waals surface area contributed by atoms with Gasteiger partial charge in [0.05, 0.1) is 23.9 Å². The van der Waals surface area contributed by atoms with E-state index in [0.717, 1.165) is 48.9 Å². The fourth-order valence-electron chi connectivity index (χ4n) is 4.75. The Labute approximate surface area is 170 Å². The fourth-order valence-corrected chi connectivity index (χ4v) is 4.75. The number of fused-ring (bicyclic) bond motifs is 2. The van der Waals surface area contributed by atoms with Crippen molar-refractivity contribution in [2.24, 2.45) is 5.92 Å². The van der Waals surface area contributed by atoms with Gasteiger partial charge >= 0.3 is 0 Å². The number of amides is 2. The van der Waals surface area contributed by atoms with Crippen LogP contribution in [-0.2, 0) is 24.1 Å². The Hall–Kier alpha value is -2.73. The van der Waals surface area contributed by atoms with Crippen LogP contribution < -0.4 is 5.32 Å². The molecular formula is C23H25N3O3. The van der Waals surface area contributed by atoms with Crippen molar-refractivity contribution < 1.29 is 14.3 Å². The number of hydrogen-bond acceptors (Lipinski definition) is 4. The lowest BCUT2D eigenvalue weighted by atomic mass is 10.1. The average Bonchev–Trinajstić information content (AvgIpc) is 3.35. The number of carbonyl (C=O) groups excluding carboxylic acids is 2. The van der Waals surface area contributed by atoms with Crippen LogP contribution in [0.1, 0.15) is 56.8 Å². The molecule has 0 bridgehead atoms. The van der Waals surface area contributed by atoms with E-state index in [-0.39, 0.29) is 17.9 Å². The van der Waals surface area contributed by atoms with Crippen LogP contribution in [0.5, 0.6) is 0 Å². The topological polar surface area (TPSA) is 71.5 Å². The molecule has 0 unspecified atom stereocenters. The molecule has 6 nitrogen and oxygen atoms in total. The number of pyridine rings is 1. The number of nitrogens with zero attached hydrogens (tertiary/aromatic N) is 2. The van der Waals surface area contributed by atoms with E-state index in [4.69, 9.17) is 4.74 Å². The number of anilines is 1. The molecule has 150 valence electrons. The molecule has 2 heterocycles. The lowest BCUT2D eigenvalue weighted by Crippen LogP contribution is -2.40. The summed E-state index contributed by atoms with van der Waals surface area (Å²) in [6, 6.07) is 7.58. The number of methoxy groups -OCH3 is 1. The van der Waals surface area contributed by atoms with E-state index in [0.29, 0.717) is 35.9 Å². The highest BCUT2D eigenvalue weighted by atomic mass is 16.5. The molecule has 1 N–H and O–H groups in total. The van der Waals surface area contributed by atoms with Crippen molar-refractivity contribution in [3.8, 4) is 0 Å². The monoisotopic (exact) mass is 391 g/mol. The van der Waals surface area contributed by atoms with E-state index in [2.05, 4.69) is 10.3 Å². The van der Waals surface area contributed by atoms with Gasteiger partial charge in [0.2, 0.25) is 0 Å². The van der Waals surface area contributed by atoms with Crippen LogP contribution in [-0.4, -0.2) is 41.5 Å². The normalized spacial score (nSPS) is 18.5. The van der Waals surface area contributed by atoms with Gasteiger partial charge in [0.15, 0.2) is 0 Å². The van der Waals surface area contributed by atoms with Gasteiger partial charge in [-0.1, -0.05) is 12.1 Å². The fraction of sp³-hybridized carbons (Fsp3) is 0.435. The van der Waals surface area contributed by atoms with Crippen LogP contribution in [0.4, 0.5) is 5.69 Å². The van der Waals surface area contributed by atoms with Gasteiger partial charge in [-0.05, 0) is 61.3 Å². The Bertz CT molecular complexity index is 983. The zero-order valence-corrected chi connectivity index (χ0v) is 16.6. The van der Waals surface area contributed by atoms with Crippen molar-refractivity contribution in [1.29, 1.82) is 0 Å². The number of rotatable bonds is 6. The molecule has 1 saturated carbocycles. The van der Waals surface area contributed by atoms with Gasteiger partial charge in [-0.3, -0.25) is 14.6 Å². The Balaban J connectivity index is 1.42. The average molecular weight is 391 g/mol. The van der Waals surface area contributed by atoms with Crippen molar-refractivity contribution in [3.05, 3.63) is 58.4 Å². The molecule has 1 atom stereocenters. The number of ether oxygens (including phenoxy) is 1. The molecule has 3 aliphatic rings. The molecule has 1 fully saturated rings. The van der Waals surface area contributed by atoms with E-state index in [1.165, 1.54) is 0 Å². The number of carbonyl (C=O) groups is 2. The van der Waals surface area contributed by atoms with Gasteiger partial charge in [0, 0.05) is 31.1 Å². The summed E-state index contributed by atoms with van der Waals surface area (Å²) >= 11 is 0. The molecule has 2 aliphatic carbocycles. The predicted octanol–water partition coefficient (Wildman–Crippen LogP) is 3.20. The van der Waals surface area contributed by atoms with Crippen LogP contribution in [0, 0.1) is 5.92 Å². The molecule has 2 amide bonds. The molecule has 5 rings (SSSR count). The molecule has 0 spiro atoms. The third-order valence-electron chi connectivity index (χ3n) is 6.35. The Morgan fingerprint density at radius 2 is 2.17 bits per heavy atom. The molecule has 1 aromatic carbocycles. The zero-order chi connectivity index (χ0) is 20.0. The second-order valence-electron chi connectivity index (χ2n) is 8.22. The van der Waals surface area contributed by atoms with Crippen LogP contribution >= 0.6 is 0 Å². The van der Waals surface area contributed by atoms with E-state index in [9.17, 15) is 9.59 Å². The summed E-state index contributed by atoms with van der Waals surface area (Å²) in [5.74, 6) is 0.344. The number of hydrogen-bond donors (Lipinski definition) is 1. The molecule has 0 saturated heterocycles. The molecule has 29 heavy (non-hydrogen) atoms. The predicted molar refractivity (Wildman–Crippen MR) is 109 cm³/mol. The summed E-state index contributed by atoms with van der Waals surface area (Å²) < 4.78 is 5.39. The maximum Gasteiger partial charge on any atom is 0.256 e. The maximum atomic E-state index is 13.3. The van der Waals surface area contributed by atoms with Crippen LogP contribution in [0.25, 0.3) is 0 Å². The van der Waals surface area contributed by atoms with Gasteiger partial charge in [-0.2, -0.15) is 0 Å². The first-order valence-electron chi connectivity index (χ1n) is 10.4. The lowest BCUT2D eigenvalue weighted by molar-refractivity contribution is 0.0507. The minimum absolute atomic E-state index is 0.00944. The largest absolute Gasteiger partial charge is 0.383 e. The first-order valence-corrected chi connectivity index (χ1v) is 10.4. The maximum absolute atomic E-state index is 13.3. The van der Waals surface area contributed by atoms with Gasteiger partial charge in [0.25, 0.3) is 11.8 Å². The highest BCUT2D eigenvalue weighted by Crippen LogP contribution is 2.40. The highest BCUT2D eigenvalue weighted by Gasteiger charge is 2.42. The minimum Gasteiger partial charge on any atom is -0.383 e. The van der Waals surface area contributed by atoms with Gasteiger partial charge in [-0.15, -0.1) is 0 Å². The lowest BCUT2D eigenvalue weighted by Gasteiger charge is -2.27. The van der Waals surface area contributed by atoms with Crippen LogP contribution in [0.2, 0.25) is 0 Å². The van der Waals surface area contributed by atoms with Crippen LogP contribution in [0.3, 0.4) is 0 Å². The summed E-state index contributed by atoms with van der Waals surface area (Å²) in [7, 11) is 1.68. The van der Waals surface area contributed by atoms with E-state index in [1.54, 1.807) is 19.4 Å². The highest BCUT2D eigenvalue weighted by molar-refractivity contribution is 6.11. The summed E-state index contributed by atoms with van der Waals surface area (Å²) in [6.07, 6.45) is 6.82. The molecule has 2 aromatic rings. The summed E-state index contributed by atoms with van der Waals surface area (Å²) in [4.78, 5) is 32.6. The molecular weight excluding hydrogens is 366 g/mol. The van der Waals surface area contributed by atoms with E-state index in [1.807, 2.05) is 23.1 Å². The minimum atomic E-state index is -0.166. The Kier molecular flexibility index (Phi) is 4.59. The Morgan fingerprint density at radius 3 is 2.97 bits per heavy atom. The first-order chi connectivity index (χ1) is 14.2.